The van der Waals surface area contributed by atoms with E-state index in [2.05, 4.69) is 97.9 Å². The van der Waals surface area contributed by atoms with Crippen LogP contribution in [-0.4, -0.2) is 6.16 Å². The fourth-order valence-corrected chi connectivity index (χ4v) is 8.69. The molecular formula is C31H35OP. The normalized spacial score (nSPS) is 11.4. The second kappa shape index (κ2) is 11.3. The van der Waals surface area contributed by atoms with E-state index in [0.717, 1.165) is 5.56 Å². The molecule has 0 saturated heterocycles. The third-order valence-corrected chi connectivity index (χ3v) is 10.5. The molecule has 4 aromatic carbocycles. The van der Waals surface area contributed by atoms with Gasteiger partial charge in [-0.25, -0.2) is 0 Å². The first-order chi connectivity index (χ1) is 15.9. The minimum Gasteiger partial charge on any atom is -0.872 e. The topological polar surface area (TPSA) is 23.1 Å². The Hall–Kier alpha value is -2.89. The molecule has 4 rings (SSSR count). The summed E-state index contributed by atoms with van der Waals surface area (Å²) in [6.45, 7) is 8.43. The Labute approximate surface area is 200 Å². The molecule has 0 spiro atoms. The highest BCUT2D eigenvalue weighted by atomic mass is 31.2. The Kier molecular flexibility index (Phi) is 8.48. The predicted molar refractivity (Wildman–Crippen MR) is 145 cm³/mol. The summed E-state index contributed by atoms with van der Waals surface area (Å²) in [4.78, 5) is 0. The lowest BCUT2D eigenvalue weighted by atomic mass is 9.86. The molecule has 1 nitrogen and oxygen atoms in total. The quantitative estimate of drug-likeness (QED) is 0.318. The first-order valence-corrected chi connectivity index (χ1v) is 13.7. The van der Waals surface area contributed by atoms with Gasteiger partial charge in [0, 0.05) is 0 Å². The van der Waals surface area contributed by atoms with Crippen LogP contribution in [0.5, 0.6) is 5.75 Å². The van der Waals surface area contributed by atoms with E-state index in [1.165, 1.54) is 28.5 Å². The van der Waals surface area contributed by atoms with Crippen molar-refractivity contribution in [2.24, 2.45) is 0 Å². The van der Waals surface area contributed by atoms with E-state index >= 15 is 0 Å². The molecule has 2 heteroatoms. The Bertz CT molecular complexity index is 1000. The number of benzene rings is 4. The molecule has 0 saturated carbocycles. The zero-order valence-electron chi connectivity index (χ0n) is 20.2. The van der Waals surface area contributed by atoms with Crippen molar-refractivity contribution in [2.75, 3.05) is 6.16 Å². The van der Waals surface area contributed by atoms with Crippen molar-refractivity contribution in [1.82, 2.24) is 0 Å². The Morgan fingerprint density at radius 2 is 0.939 bits per heavy atom. The van der Waals surface area contributed by atoms with E-state index in [9.17, 15) is 5.11 Å². The van der Waals surface area contributed by atoms with Crippen molar-refractivity contribution in [3.63, 3.8) is 0 Å². The van der Waals surface area contributed by atoms with Gasteiger partial charge in [0.15, 0.2) is 0 Å². The van der Waals surface area contributed by atoms with Crippen molar-refractivity contribution >= 4 is 23.2 Å². The van der Waals surface area contributed by atoms with Crippen molar-refractivity contribution in [1.29, 1.82) is 0 Å². The molecule has 0 aromatic heterocycles. The second-order valence-electron chi connectivity index (χ2n) is 9.29. The summed E-state index contributed by atoms with van der Waals surface area (Å²) >= 11 is 0. The van der Waals surface area contributed by atoms with E-state index < -0.39 is 7.26 Å². The molecule has 0 N–H and O–H groups in total. The fraction of sp³-hybridized carbons (Fsp3) is 0.226. The Morgan fingerprint density at radius 1 is 0.576 bits per heavy atom. The summed E-state index contributed by atoms with van der Waals surface area (Å²) < 4.78 is 0. The molecule has 0 aliphatic carbocycles. The van der Waals surface area contributed by atoms with Crippen molar-refractivity contribution in [3.05, 3.63) is 121 Å². The molecule has 0 aliphatic heterocycles. The lowest BCUT2D eigenvalue weighted by Gasteiger charge is -2.27. The average Bonchev–Trinajstić information content (AvgIpc) is 2.84. The van der Waals surface area contributed by atoms with E-state index in [4.69, 9.17) is 0 Å². The van der Waals surface area contributed by atoms with Gasteiger partial charge in [0.25, 0.3) is 0 Å². The van der Waals surface area contributed by atoms with Gasteiger partial charge >= 0.3 is 0 Å². The lowest BCUT2D eigenvalue weighted by molar-refractivity contribution is -0.270. The van der Waals surface area contributed by atoms with E-state index in [1.54, 1.807) is 12.1 Å². The third kappa shape index (κ3) is 5.92. The average molecular weight is 455 g/mol. The van der Waals surface area contributed by atoms with Crippen LogP contribution in [0.15, 0.2) is 115 Å². The molecule has 0 unspecified atom stereocenters. The Balaban J connectivity index is 0.000000235. The summed E-state index contributed by atoms with van der Waals surface area (Å²) in [5.74, 6) is 0.139. The highest BCUT2D eigenvalue weighted by molar-refractivity contribution is 7.95. The molecule has 0 atom stereocenters. The largest absolute Gasteiger partial charge is 0.872 e. The standard InChI is InChI=1S/C21H22P.C10H14O/c1-2-18-22(19-12-6-3-7-13-19,20-14-8-4-9-15-20)21-16-10-5-11-17-21;1-10(2,3)8-6-4-5-7-9(8)11/h3-17H,2,18H2,1H3;4-7,11H,1-3H3/q+1;/p-1. The first-order valence-electron chi connectivity index (χ1n) is 11.7. The van der Waals surface area contributed by atoms with Gasteiger partial charge in [0.1, 0.15) is 23.2 Å². The molecule has 0 aliphatic rings. The lowest BCUT2D eigenvalue weighted by Crippen LogP contribution is -2.33. The zero-order chi connectivity index (χ0) is 23.7. The van der Waals surface area contributed by atoms with Gasteiger partial charge in [0.05, 0.1) is 6.16 Å². The van der Waals surface area contributed by atoms with Crippen LogP contribution in [-0.2, 0) is 5.41 Å². The maximum atomic E-state index is 11.3. The highest BCUT2D eigenvalue weighted by Crippen LogP contribution is 2.55. The first kappa shape index (κ1) is 24.7. The predicted octanol–water partition coefficient (Wildman–Crippen LogP) is 6.45. The van der Waals surface area contributed by atoms with Gasteiger partial charge < -0.3 is 5.11 Å². The van der Waals surface area contributed by atoms with Gasteiger partial charge in [-0.3, -0.25) is 0 Å². The molecule has 0 radical (unpaired) electrons. The highest BCUT2D eigenvalue weighted by Gasteiger charge is 2.44. The molecule has 0 bridgehead atoms. The summed E-state index contributed by atoms with van der Waals surface area (Å²) in [5.41, 5.74) is 0.859. The minimum absolute atomic E-state index is 0.0294. The molecule has 0 amide bonds. The van der Waals surface area contributed by atoms with Gasteiger partial charge in [-0.05, 0) is 48.2 Å². The molecular weight excluding hydrogens is 419 g/mol. The van der Waals surface area contributed by atoms with Crippen LogP contribution in [0.25, 0.3) is 0 Å². The van der Waals surface area contributed by atoms with Crippen molar-refractivity contribution in [3.8, 4) is 5.75 Å². The molecule has 0 fully saturated rings. The van der Waals surface area contributed by atoms with E-state index in [-0.39, 0.29) is 11.2 Å². The van der Waals surface area contributed by atoms with Crippen LogP contribution in [0.2, 0.25) is 0 Å². The summed E-state index contributed by atoms with van der Waals surface area (Å²) in [6.07, 6.45) is 2.40. The van der Waals surface area contributed by atoms with Crippen LogP contribution in [0.1, 0.15) is 39.7 Å². The molecule has 170 valence electrons. The van der Waals surface area contributed by atoms with Crippen LogP contribution in [0.4, 0.5) is 0 Å². The van der Waals surface area contributed by atoms with Crippen molar-refractivity contribution < 1.29 is 5.11 Å². The number of para-hydroxylation sites is 1. The van der Waals surface area contributed by atoms with Crippen molar-refractivity contribution in [2.45, 2.75) is 39.5 Å². The second-order valence-corrected chi connectivity index (χ2v) is 12.9. The number of hydrogen-bond donors (Lipinski definition) is 0. The summed E-state index contributed by atoms with van der Waals surface area (Å²) in [7, 11) is -1.55. The monoisotopic (exact) mass is 454 g/mol. The molecule has 0 heterocycles. The summed E-state index contributed by atoms with van der Waals surface area (Å²) in [6, 6.07) is 40.4. The maximum absolute atomic E-state index is 11.3. The van der Waals surface area contributed by atoms with Gasteiger partial charge in [-0.15, -0.1) is 5.75 Å². The number of hydrogen-bond acceptors (Lipinski definition) is 1. The van der Waals surface area contributed by atoms with Crippen LogP contribution >= 0.6 is 7.26 Å². The van der Waals surface area contributed by atoms with Gasteiger partial charge in [-0.2, -0.15) is 0 Å². The van der Waals surface area contributed by atoms with Crippen LogP contribution in [0.3, 0.4) is 0 Å². The smallest absolute Gasteiger partial charge is 0.112 e. The maximum Gasteiger partial charge on any atom is 0.112 e. The Morgan fingerprint density at radius 3 is 1.24 bits per heavy atom. The molecule has 33 heavy (non-hydrogen) atoms. The summed E-state index contributed by atoms with van der Waals surface area (Å²) in [5, 5.41) is 15.7. The minimum atomic E-state index is -1.55. The third-order valence-electron chi connectivity index (χ3n) is 5.84. The van der Waals surface area contributed by atoms with Crippen LogP contribution < -0.4 is 21.0 Å². The fourth-order valence-electron chi connectivity index (χ4n) is 4.30. The van der Waals surface area contributed by atoms with Crippen LogP contribution in [0, 0.1) is 0 Å². The zero-order valence-corrected chi connectivity index (χ0v) is 21.1. The number of rotatable bonds is 5. The SMILES string of the molecule is CC(C)(C)c1ccccc1[O-].CCC[P+](c1ccccc1)(c1ccccc1)c1ccccc1. The van der Waals surface area contributed by atoms with Gasteiger partial charge in [-0.1, -0.05) is 112 Å². The molecule has 4 aromatic rings. The van der Waals surface area contributed by atoms with Gasteiger partial charge in [0.2, 0.25) is 0 Å². The van der Waals surface area contributed by atoms with E-state index in [0.29, 0.717) is 0 Å². The van der Waals surface area contributed by atoms with E-state index in [1.807, 2.05) is 32.9 Å².